The van der Waals surface area contributed by atoms with Crippen molar-refractivity contribution in [3.63, 3.8) is 0 Å². The maximum Gasteiger partial charge on any atom is 0.306 e. The number of ether oxygens (including phenoxy) is 1. The number of aryl methyl sites for hydroxylation is 1. The molecule has 2 rings (SSSR count). The van der Waals surface area contributed by atoms with Crippen LogP contribution < -0.4 is 0 Å². The second kappa shape index (κ2) is 17.1. The highest BCUT2D eigenvalue weighted by Gasteiger charge is 2.38. The molecule has 180 valence electrons. The van der Waals surface area contributed by atoms with Crippen molar-refractivity contribution in [1.82, 2.24) is 0 Å². The number of carbonyl (C=O) groups excluding carboxylic acids is 1. The molecule has 7 heteroatoms. The molecule has 2 nitrogen and oxygen atoms in total. The Labute approximate surface area is 218 Å². The second-order valence-electron chi connectivity index (χ2n) is 8.05. The lowest BCUT2D eigenvalue weighted by Crippen LogP contribution is -2.17. The normalized spacial score (nSPS) is 22.4. The SMILES string of the molecule is C=CCOC(=O)CCC/C=C\C[C@@H]1[C@@H](CCc2cc(Cl)cc(Cl)c2)[C@H](C)C[C@H]1Cl.ClCCl. The van der Waals surface area contributed by atoms with Gasteiger partial charge in [-0.25, -0.2) is 0 Å². The summed E-state index contributed by atoms with van der Waals surface area (Å²) >= 11 is 28.5. The van der Waals surface area contributed by atoms with Crippen molar-refractivity contribution in [1.29, 1.82) is 0 Å². The fourth-order valence-electron chi connectivity index (χ4n) is 4.26. The molecule has 0 unspecified atom stereocenters. The van der Waals surface area contributed by atoms with Gasteiger partial charge in [0.25, 0.3) is 0 Å². The van der Waals surface area contributed by atoms with Crippen LogP contribution in [0.2, 0.25) is 10.0 Å². The van der Waals surface area contributed by atoms with Crippen LogP contribution in [-0.2, 0) is 16.0 Å². The van der Waals surface area contributed by atoms with E-state index < -0.39 is 0 Å². The number of alkyl halides is 3. The smallest absolute Gasteiger partial charge is 0.306 e. The zero-order valence-electron chi connectivity index (χ0n) is 18.6. The van der Waals surface area contributed by atoms with Gasteiger partial charge in [-0.3, -0.25) is 4.79 Å². The molecule has 1 aliphatic rings. The molecular weight excluding hydrogens is 510 g/mol. The third-order valence-corrected chi connectivity index (χ3v) is 6.66. The predicted molar refractivity (Wildman–Crippen MR) is 141 cm³/mol. The van der Waals surface area contributed by atoms with Crippen LogP contribution in [0.4, 0.5) is 0 Å². The number of benzene rings is 1. The number of hydrogen-bond acceptors (Lipinski definition) is 2. The lowest BCUT2D eigenvalue weighted by Gasteiger charge is -2.23. The van der Waals surface area contributed by atoms with Crippen LogP contribution in [0, 0.1) is 17.8 Å². The molecule has 1 aromatic rings. The lowest BCUT2D eigenvalue weighted by molar-refractivity contribution is -0.142. The Morgan fingerprint density at radius 2 is 1.81 bits per heavy atom. The topological polar surface area (TPSA) is 26.3 Å². The van der Waals surface area contributed by atoms with Gasteiger partial charge in [0.05, 0.1) is 5.34 Å². The molecule has 0 N–H and O–H groups in total. The number of unbranched alkanes of at least 4 members (excludes halogenated alkanes) is 1. The van der Waals surface area contributed by atoms with Crippen molar-refractivity contribution in [3.05, 3.63) is 58.6 Å². The number of esters is 1. The van der Waals surface area contributed by atoms with E-state index in [0.717, 1.165) is 38.5 Å². The first kappa shape index (κ1) is 29.7. The Balaban J connectivity index is 0.00000161. The van der Waals surface area contributed by atoms with E-state index in [-0.39, 0.29) is 23.3 Å². The molecule has 32 heavy (non-hydrogen) atoms. The Bertz CT molecular complexity index is 702. The van der Waals surface area contributed by atoms with E-state index >= 15 is 0 Å². The number of allylic oxidation sites excluding steroid dienone is 2. The minimum Gasteiger partial charge on any atom is -0.461 e. The predicted octanol–water partition coefficient (Wildman–Crippen LogP) is 9.07. The van der Waals surface area contributed by atoms with E-state index in [1.54, 1.807) is 12.1 Å². The van der Waals surface area contributed by atoms with Crippen LogP contribution in [0.15, 0.2) is 43.0 Å². The van der Waals surface area contributed by atoms with Gasteiger partial charge in [-0.2, -0.15) is 0 Å². The van der Waals surface area contributed by atoms with Gasteiger partial charge in [-0.15, -0.1) is 34.8 Å². The number of halogens is 5. The Morgan fingerprint density at radius 1 is 1.16 bits per heavy atom. The standard InChI is InChI=1S/C24H31Cl3O2.CH2Cl2/c1-3-12-29-24(28)9-7-5-4-6-8-22-21(17(2)13-23(22)27)11-10-18-14-19(25)16-20(26)15-18;2-1-3/h3-4,6,14-17,21-23H,1,5,7-13H2,2H3;1H2/b6-4-;/t17-,21+,22-,23-;/m1./s1. The molecule has 1 fully saturated rings. The summed E-state index contributed by atoms with van der Waals surface area (Å²) < 4.78 is 4.98. The highest BCUT2D eigenvalue weighted by molar-refractivity contribution is 6.40. The molecule has 1 aliphatic carbocycles. The van der Waals surface area contributed by atoms with Crippen LogP contribution in [0.1, 0.15) is 51.0 Å². The van der Waals surface area contributed by atoms with Gasteiger partial charge in [0.15, 0.2) is 0 Å². The van der Waals surface area contributed by atoms with Crippen molar-refractivity contribution in [3.8, 4) is 0 Å². The van der Waals surface area contributed by atoms with E-state index in [4.69, 9.17) is 62.7 Å². The van der Waals surface area contributed by atoms with Crippen LogP contribution >= 0.6 is 58.0 Å². The summed E-state index contributed by atoms with van der Waals surface area (Å²) in [6.07, 6.45) is 12.2. The molecule has 0 bridgehead atoms. The number of carbonyl (C=O) groups is 1. The number of rotatable bonds is 11. The quantitative estimate of drug-likeness (QED) is 0.121. The molecule has 0 aliphatic heterocycles. The van der Waals surface area contributed by atoms with Crippen molar-refractivity contribution in [2.45, 2.75) is 57.2 Å². The van der Waals surface area contributed by atoms with Gasteiger partial charge in [0, 0.05) is 21.8 Å². The van der Waals surface area contributed by atoms with Crippen molar-refractivity contribution in [2.24, 2.45) is 17.8 Å². The molecular formula is C25H33Cl5O2. The molecule has 0 amide bonds. The molecule has 0 spiro atoms. The number of hydrogen-bond donors (Lipinski definition) is 0. The third-order valence-electron chi connectivity index (χ3n) is 5.72. The summed E-state index contributed by atoms with van der Waals surface area (Å²) in [4.78, 5) is 11.5. The third kappa shape index (κ3) is 11.7. The highest BCUT2D eigenvalue weighted by Crippen LogP contribution is 2.44. The second-order valence-corrected chi connectivity index (χ2v) is 10.3. The first-order valence-electron chi connectivity index (χ1n) is 10.9. The van der Waals surface area contributed by atoms with Crippen LogP contribution in [0.25, 0.3) is 0 Å². The molecule has 0 saturated heterocycles. The molecule has 0 heterocycles. The van der Waals surface area contributed by atoms with Crippen LogP contribution in [0.3, 0.4) is 0 Å². The van der Waals surface area contributed by atoms with Crippen LogP contribution in [-0.4, -0.2) is 23.3 Å². The summed E-state index contributed by atoms with van der Waals surface area (Å²) in [5, 5.41) is 1.79. The van der Waals surface area contributed by atoms with Gasteiger partial charge >= 0.3 is 5.97 Å². The fraction of sp³-hybridized carbons (Fsp3) is 0.560. The Hall–Kier alpha value is -0.380. The van der Waals surface area contributed by atoms with Gasteiger partial charge in [-0.05, 0) is 80.0 Å². The average molecular weight is 543 g/mol. The first-order chi connectivity index (χ1) is 15.3. The van der Waals surface area contributed by atoms with Crippen LogP contribution in [0.5, 0.6) is 0 Å². The zero-order chi connectivity index (χ0) is 23.9. The minimum absolute atomic E-state index is 0.162. The molecule has 1 aromatic carbocycles. The molecule has 1 saturated carbocycles. The first-order valence-corrected chi connectivity index (χ1v) is 13.2. The van der Waals surface area contributed by atoms with E-state index in [2.05, 4.69) is 25.7 Å². The Kier molecular flexibility index (Phi) is 15.9. The monoisotopic (exact) mass is 540 g/mol. The lowest BCUT2D eigenvalue weighted by atomic mass is 9.83. The molecule has 4 atom stereocenters. The van der Waals surface area contributed by atoms with E-state index in [1.165, 1.54) is 5.56 Å². The van der Waals surface area contributed by atoms with E-state index in [0.29, 0.717) is 34.2 Å². The van der Waals surface area contributed by atoms with Gasteiger partial charge in [0.1, 0.15) is 6.61 Å². The molecule has 0 aromatic heterocycles. The van der Waals surface area contributed by atoms with Gasteiger partial charge in [0.2, 0.25) is 0 Å². The summed E-state index contributed by atoms with van der Waals surface area (Å²) in [5.41, 5.74) is 1.19. The Morgan fingerprint density at radius 3 is 2.44 bits per heavy atom. The maximum atomic E-state index is 11.5. The maximum absolute atomic E-state index is 11.5. The minimum atomic E-state index is -0.162. The van der Waals surface area contributed by atoms with Crippen molar-refractivity contribution < 1.29 is 9.53 Å². The van der Waals surface area contributed by atoms with Gasteiger partial charge in [-0.1, -0.05) is 54.9 Å². The van der Waals surface area contributed by atoms with Gasteiger partial charge < -0.3 is 4.74 Å². The van der Waals surface area contributed by atoms with Crippen molar-refractivity contribution in [2.75, 3.05) is 11.9 Å². The zero-order valence-corrected chi connectivity index (χ0v) is 22.3. The van der Waals surface area contributed by atoms with E-state index in [1.807, 2.05) is 12.1 Å². The summed E-state index contributed by atoms with van der Waals surface area (Å²) in [7, 11) is 0. The highest BCUT2D eigenvalue weighted by atomic mass is 35.5. The largest absolute Gasteiger partial charge is 0.461 e. The fourth-order valence-corrected chi connectivity index (χ4v) is 5.41. The average Bonchev–Trinajstić information content (AvgIpc) is 2.99. The van der Waals surface area contributed by atoms with Crippen molar-refractivity contribution >= 4 is 64.0 Å². The summed E-state index contributed by atoms with van der Waals surface area (Å²) in [6.45, 7) is 6.13. The summed E-state index contributed by atoms with van der Waals surface area (Å²) in [5.74, 6) is 1.53. The molecule has 0 radical (unpaired) electrons. The van der Waals surface area contributed by atoms with E-state index in [9.17, 15) is 4.79 Å². The summed E-state index contributed by atoms with van der Waals surface area (Å²) in [6, 6.07) is 5.77.